The predicted octanol–water partition coefficient (Wildman–Crippen LogP) is 3.27. The highest BCUT2D eigenvalue weighted by molar-refractivity contribution is 7.71. The van der Waals surface area contributed by atoms with Gasteiger partial charge in [-0.1, -0.05) is 37.5 Å². The molecular formula is C18H21N5O3S. The Kier molecular flexibility index (Phi) is 6.02. The van der Waals surface area contributed by atoms with Crippen molar-refractivity contribution < 1.29 is 9.90 Å². The summed E-state index contributed by atoms with van der Waals surface area (Å²) in [4.78, 5) is 26.5. The fourth-order valence-electron chi connectivity index (χ4n) is 3.18. The number of benzene rings is 1. The maximum Gasteiger partial charge on any atom is 0.339 e. The third-order valence-corrected chi connectivity index (χ3v) is 4.78. The van der Waals surface area contributed by atoms with Crippen molar-refractivity contribution in [1.82, 2.24) is 15.0 Å². The number of hydrogen-bond donors (Lipinski definition) is 4. The van der Waals surface area contributed by atoms with Crippen molar-refractivity contribution >= 4 is 30.2 Å². The van der Waals surface area contributed by atoms with Crippen LogP contribution < -0.4 is 16.3 Å². The molecule has 1 saturated carbocycles. The van der Waals surface area contributed by atoms with Gasteiger partial charge in [-0.25, -0.2) is 10.2 Å². The van der Waals surface area contributed by atoms with Gasteiger partial charge in [0.05, 0.1) is 6.21 Å². The lowest BCUT2D eigenvalue weighted by Crippen LogP contribution is -2.26. The number of nitrogens with zero attached hydrogens (tertiary/aromatic N) is 2. The van der Waals surface area contributed by atoms with Crippen molar-refractivity contribution in [2.75, 3.05) is 5.32 Å². The second kappa shape index (κ2) is 8.63. The number of carbonyl (C=O) groups is 1. The Bertz CT molecular complexity index is 946. The van der Waals surface area contributed by atoms with E-state index in [4.69, 9.17) is 12.2 Å². The van der Waals surface area contributed by atoms with Gasteiger partial charge in [0.2, 0.25) is 5.88 Å². The molecule has 1 heterocycles. The van der Waals surface area contributed by atoms with E-state index >= 15 is 0 Å². The van der Waals surface area contributed by atoms with Gasteiger partial charge in [-0.05, 0) is 37.2 Å². The van der Waals surface area contributed by atoms with Gasteiger partial charge < -0.3 is 10.4 Å². The third kappa shape index (κ3) is 4.62. The molecular weight excluding hydrogens is 366 g/mol. The molecule has 27 heavy (non-hydrogen) atoms. The molecule has 2 aromatic rings. The van der Waals surface area contributed by atoms with Gasteiger partial charge in [0.25, 0.3) is 5.56 Å². The number of para-hydroxylation sites is 1. The molecule has 0 radical (unpaired) electrons. The van der Waals surface area contributed by atoms with Crippen LogP contribution in [-0.2, 0) is 0 Å². The number of urea groups is 1. The number of rotatable bonds is 4. The average Bonchev–Trinajstić information content (AvgIpc) is 2.66. The summed E-state index contributed by atoms with van der Waals surface area (Å²) in [5.41, 5.74) is 2.27. The Balaban J connectivity index is 1.76. The summed E-state index contributed by atoms with van der Waals surface area (Å²) in [5, 5.41) is 16.9. The molecule has 0 aliphatic heterocycles. The molecule has 1 aromatic carbocycles. The van der Waals surface area contributed by atoms with Gasteiger partial charge in [0.15, 0.2) is 4.77 Å². The van der Waals surface area contributed by atoms with Crippen LogP contribution in [0.15, 0.2) is 40.2 Å². The lowest BCUT2D eigenvalue weighted by atomic mass is 9.95. The van der Waals surface area contributed by atoms with Crippen LogP contribution in [0.4, 0.5) is 10.5 Å². The van der Waals surface area contributed by atoms with Crippen LogP contribution in [0.2, 0.25) is 0 Å². The number of anilines is 1. The van der Waals surface area contributed by atoms with Crippen LogP contribution >= 0.6 is 12.2 Å². The lowest BCUT2D eigenvalue weighted by Gasteiger charge is -2.25. The highest BCUT2D eigenvalue weighted by Crippen LogP contribution is 2.31. The van der Waals surface area contributed by atoms with Crippen LogP contribution in [0.1, 0.15) is 43.7 Å². The first-order valence-electron chi connectivity index (χ1n) is 8.79. The molecule has 1 aromatic heterocycles. The van der Waals surface area contributed by atoms with Crippen molar-refractivity contribution in [2.45, 2.75) is 38.1 Å². The quantitative estimate of drug-likeness (QED) is 0.366. The molecule has 0 unspecified atom stereocenters. The third-order valence-electron chi connectivity index (χ3n) is 4.48. The summed E-state index contributed by atoms with van der Waals surface area (Å²) in [5.74, 6) is -0.232. The molecule has 4 N–H and O–H groups in total. The lowest BCUT2D eigenvalue weighted by molar-refractivity contribution is 0.252. The van der Waals surface area contributed by atoms with Crippen molar-refractivity contribution in [3.63, 3.8) is 0 Å². The van der Waals surface area contributed by atoms with E-state index in [2.05, 4.69) is 20.8 Å². The second-order valence-electron chi connectivity index (χ2n) is 6.35. The fraction of sp³-hybridized carbons (Fsp3) is 0.333. The number of amides is 2. The molecule has 8 nitrogen and oxygen atoms in total. The van der Waals surface area contributed by atoms with E-state index in [1.165, 1.54) is 0 Å². The summed E-state index contributed by atoms with van der Waals surface area (Å²) in [6.45, 7) is 0. The van der Waals surface area contributed by atoms with Crippen molar-refractivity contribution in [1.29, 1.82) is 0 Å². The molecule has 0 saturated heterocycles. The molecule has 142 valence electrons. The molecule has 1 fully saturated rings. The molecule has 0 atom stereocenters. The van der Waals surface area contributed by atoms with Crippen LogP contribution in [0, 0.1) is 4.77 Å². The minimum Gasteiger partial charge on any atom is -0.494 e. The zero-order valence-corrected chi connectivity index (χ0v) is 15.5. The Hall–Kier alpha value is -2.94. The van der Waals surface area contributed by atoms with Gasteiger partial charge in [0, 0.05) is 11.7 Å². The van der Waals surface area contributed by atoms with Crippen molar-refractivity contribution in [3.8, 4) is 5.88 Å². The summed E-state index contributed by atoms with van der Waals surface area (Å²) in [6.07, 6.45) is 6.16. The second-order valence-corrected chi connectivity index (χ2v) is 6.74. The number of aromatic nitrogens is 2. The topological polar surface area (TPSA) is 112 Å². The van der Waals surface area contributed by atoms with E-state index < -0.39 is 11.6 Å². The smallest absolute Gasteiger partial charge is 0.339 e. The Labute approximate surface area is 160 Å². The number of nitrogens with one attached hydrogen (secondary N) is 3. The van der Waals surface area contributed by atoms with E-state index in [0.29, 0.717) is 5.69 Å². The largest absolute Gasteiger partial charge is 0.494 e. The number of hydrazone groups is 1. The fourth-order valence-corrected chi connectivity index (χ4v) is 3.51. The van der Waals surface area contributed by atoms with Crippen molar-refractivity contribution in [2.24, 2.45) is 5.10 Å². The highest BCUT2D eigenvalue weighted by Gasteiger charge is 2.21. The van der Waals surface area contributed by atoms with Crippen LogP contribution in [0.5, 0.6) is 5.88 Å². The zero-order chi connectivity index (χ0) is 19.2. The summed E-state index contributed by atoms with van der Waals surface area (Å²) >= 11 is 5.22. The maximum atomic E-state index is 12.1. The van der Waals surface area contributed by atoms with Crippen LogP contribution in [0.25, 0.3) is 0 Å². The minimum absolute atomic E-state index is 0.0459. The molecule has 1 aliphatic rings. The molecule has 2 amide bonds. The van der Waals surface area contributed by atoms with E-state index in [1.54, 1.807) is 28.8 Å². The summed E-state index contributed by atoms with van der Waals surface area (Å²) < 4.78 is 1.76. The standard InChI is InChI=1S/C18H21N5O3S/c24-15-14(11-19-22-17(26)20-12-7-3-1-4-8-12)16(25)23(18(27)21-15)13-9-5-2-6-10-13/h1,3-4,7-8,11,13,25H,2,5-6,9-10H2,(H2,20,22,26)(H,21,24,27)/b19-11+. The van der Waals surface area contributed by atoms with E-state index in [9.17, 15) is 14.7 Å². The molecule has 0 spiro atoms. The van der Waals surface area contributed by atoms with E-state index in [1.807, 2.05) is 6.07 Å². The maximum absolute atomic E-state index is 12.1. The molecule has 0 bridgehead atoms. The first-order valence-corrected chi connectivity index (χ1v) is 9.20. The molecule has 1 aliphatic carbocycles. The Morgan fingerprint density at radius 2 is 1.96 bits per heavy atom. The minimum atomic E-state index is -0.562. The zero-order valence-electron chi connectivity index (χ0n) is 14.6. The van der Waals surface area contributed by atoms with E-state index in [0.717, 1.165) is 38.3 Å². The Morgan fingerprint density at radius 1 is 1.26 bits per heavy atom. The number of carbonyl (C=O) groups excluding carboxylic acids is 1. The van der Waals surface area contributed by atoms with Gasteiger partial charge >= 0.3 is 6.03 Å². The number of H-pyrrole nitrogens is 1. The first-order chi connectivity index (χ1) is 13.1. The highest BCUT2D eigenvalue weighted by atomic mass is 32.1. The first kappa shape index (κ1) is 18.8. The van der Waals surface area contributed by atoms with Gasteiger partial charge in [-0.3, -0.25) is 14.3 Å². The van der Waals surface area contributed by atoms with E-state index in [-0.39, 0.29) is 22.3 Å². The molecule has 9 heteroatoms. The number of aromatic amines is 1. The predicted molar refractivity (Wildman–Crippen MR) is 106 cm³/mol. The van der Waals surface area contributed by atoms with Crippen LogP contribution in [0.3, 0.4) is 0 Å². The normalized spacial score (nSPS) is 15.0. The van der Waals surface area contributed by atoms with Gasteiger partial charge in [-0.15, -0.1) is 0 Å². The van der Waals surface area contributed by atoms with Crippen LogP contribution in [-0.4, -0.2) is 26.9 Å². The van der Waals surface area contributed by atoms with Gasteiger partial charge in [-0.2, -0.15) is 5.10 Å². The monoisotopic (exact) mass is 387 g/mol. The number of hydrogen-bond acceptors (Lipinski definition) is 5. The number of aromatic hydroxyl groups is 1. The average molecular weight is 387 g/mol. The van der Waals surface area contributed by atoms with Gasteiger partial charge in [0.1, 0.15) is 5.56 Å². The Morgan fingerprint density at radius 3 is 2.67 bits per heavy atom. The molecule has 3 rings (SSSR count). The SMILES string of the molecule is O=C(N/N=C/c1c(O)n(C2CCCCC2)c(=S)[nH]c1=O)Nc1ccccc1. The summed E-state index contributed by atoms with van der Waals surface area (Å²) in [7, 11) is 0. The van der Waals surface area contributed by atoms with Crippen molar-refractivity contribution in [3.05, 3.63) is 51.0 Å². The summed E-state index contributed by atoms with van der Waals surface area (Å²) in [6, 6.07) is 8.36.